The maximum Gasteiger partial charge on any atom is 0.187 e. The summed E-state index contributed by atoms with van der Waals surface area (Å²) in [7, 11) is 1.67. The average molecular weight is 257 g/mol. The van der Waals surface area contributed by atoms with Gasteiger partial charge in [0.15, 0.2) is 5.11 Å². The van der Waals surface area contributed by atoms with Crippen LogP contribution < -0.4 is 10.7 Å². The van der Waals surface area contributed by atoms with Gasteiger partial charge in [-0.05, 0) is 36.9 Å². The van der Waals surface area contributed by atoms with Crippen LogP contribution in [0.4, 0.5) is 0 Å². The monoisotopic (exact) mass is 257 g/mol. The van der Waals surface area contributed by atoms with Gasteiger partial charge in [0, 0.05) is 19.4 Å². The number of methoxy groups -OCH3 is 1. The van der Waals surface area contributed by atoms with Crippen LogP contribution in [-0.2, 0) is 4.74 Å². The summed E-state index contributed by atoms with van der Waals surface area (Å²) in [6.07, 6.45) is 3.77. The summed E-state index contributed by atoms with van der Waals surface area (Å²) in [5.41, 5.74) is 4.17. The molecule has 0 aromatic carbocycles. The second-order valence-electron chi connectivity index (χ2n) is 4.63. The van der Waals surface area contributed by atoms with Gasteiger partial charge in [0.1, 0.15) is 0 Å². The first-order valence-electron chi connectivity index (χ1n) is 6.25. The Morgan fingerprint density at radius 1 is 1.41 bits per heavy atom. The van der Waals surface area contributed by atoms with E-state index in [-0.39, 0.29) is 0 Å². The minimum absolute atomic E-state index is 0.563. The van der Waals surface area contributed by atoms with Crippen molar-refractivity contribution < 1.29 is 4.74 Å². The highest BCUT2D eigenvalue weighted by Crippen LogP contribution is 2.25. The van der Waals surface area contributed by atoms with Crippen LogP contribution in [0.3, 0.4) is 0 Å². The lowest BCUT2D eigenvalue weighted by Gasteiger charge is -2.26. The quantitative estimate of drug-likeness (QED) is 0.459. The molecule has 5 heteroatoms. The van der Waals surface area contributed by atoms with Crippen LogP contribution in [0.5, 0.6) is 0 Å². The molecule has 0 radical (unpaired) electrons. The molecule has 2 N–H and O–H groups in total. The maximum absolute atomic E-state index is 5.13. The number of hydrogen-bond donors (Lipinski definition) is 2. The van der Waals surface area contributed by atoms with Gasteiger partial charge in [0.05, 0.1) is 6.61 Å². The average Bonchev–Trinajstić information content (AvgIpc) is 2.29. The predicted octanol–water partition coefficient (Wildman–Crippen LogP) is 1.91. The third-order valence-corrected chi connectivity index (χ3v) is 3.40. The van der Waals surface area contributed by atoms with Crippen LogP contribution in [0.1, 0.15) is 33.1 Å². The van der Waals surface area contributed by atoms with Crippen LogP contribution >= 0.6 is 12.2 Å². The van der Waals surface area contributed by atoms with Crippen molar-refractivity contribution in [1.29, 1.82) is 0 Å². The van der Waals surface area contributed by atoms with Crippen molar-refractivity contribution >= 4 is 23.0 Å². The minimum atomic E-state index is 0.563. The fourth-order valence-electron chi connectivity index (χ4n) is 2.15. The zero-order valence-electron chi connectivity index (χ0n) is 11.0. The maximum atomic E-state index is 5.13. The molecule has 1 rings (SSSR count). The molecular formula is C12H23N3OS. The molecule has 1 saturated carbocycles. The van der Waals surface area contributed by atoms with Crippen molar-refractivity contribution in [2.45, 2.75) is 33.1 Å². The molecule has 4 nitrogen and oxygen atoms in total. The molecule has 1 fully saturated rings. The van der Waals surface area contributed by atoms with Crippen molar-refractivity contribution in [3.05, 3.63) is 0 Å². The smallest absolute Gasteiger partial charge is 0.187 e. The lowest BCUT2D eigenvalue weighted by atomic mass is 9.81. The third-order valence-electron chi connectivity index (χ3n) is 3.16. The van der Waals surface area contributed by atoms with E-state index in [1.807, 2.05) is 0 Å². The fourth-order valence-corrected chi connectivity index (χ4v) is 2.30. The van der Waals surface area contributed by atoms with Gasteiger partial charge in [-0.2, -0.15) is 5.10 Å². The highest BCUT2D eigenvalue weighted by Gasteiger charge is 2.22. The first-order valence-corrected chi connectivity index (χ1v) is 6.66. The van der Waals surface area contributed by atoms with E-state index in [0.29, 0.717) is 30.1 Å². The topological polar surface area (TPSA) is 45.6 Å². The molecule has 0 heterocycles. The lowest BCUT2D eigenvalue weighted by Crippen LogP contribution is -2.36. The molecule has 2 atom stereocenters. The first-order chi connectivity index (χ1) is 8.15. The molecule has 0 bridgehead atoms. The fraction of sp³-hybridized carbons (Fsp3) is 0.833. The van der Waals surface area contributed by atoms with E-state index in [2.05, 4.69) is 29.7 Å². The summed E-state index contributed by atoms with van der Waals surface area (Å²) in [5.74, 6) is 1.13. The minimum Gasteiger partial charge on any atom is -0.383 e. The molecule has 17 heavy (non-hydrogen) atoms. The van der Waals surface area contributed by atoms with Crippen molar-refractivity contribution in [2.24, 2.45) is 16.9 Å². The Balaban J connectivity index is 2.37. The molecule has 0 aromatic rings. The molecule has 98 valence electrons. The Morgan fingerprint density at radius 3 is 2.65 bits per heavy atom. The van der Waals surface area contributed by atoms with E-state index in [1.165, 1.54) is 25.0 Å². The van der Waals surface area contributed by atoms with Crippen molar-refractivity contribution in [2.75, 3.05) is 20.3 Å². The van der Waals surface area contributed by atoms with Crippen LogP contribution in [-0.4, -0.2) is 31.1 Å². The Hall–Kier alpha value is -0.680. The summed E-state index contributed by atoms with van der Waals surface area (Å²) >= 11 is 5.13. The number of ether oxygens (including phenoxy) is 1. The Bertz CT molecular complexity index is 269. The second-order valence-corrected chi connectivity index (χ2v) is 5.04. The van der Waals surface area contributed by atoms with Crippen molar-refractivity contribution in [3.63, 3.8) is 0 Å². The van der Waals surface area contributed by atoms with Gasteiger partial charge in [0.25, 0.3) is 0 Å². The largest absolute Gasteiger partial charge is 0.383 e. The number of thiocarbonyl (C=S) groups is 1. The summed E-state index contributed by atoms with van der Waals surface area (Å²) in [6, 6.07) is 0. The van der Waals surface area contributed by atoms with E-state index in [1.54, 1.807) is 7.11 Å². The Kier molecular flexibility index (Phi) is 6.44. The van der Waals surface area contributed by atoms with E-state index in [4.69, 9.17) is 17.0 Å². The van der Waals surface area contributed by atoms with Gasteiger partial charge in [-0.15, -0.1) is 0 Å². The molecule has 0 unspecified atom stereocenters. The number of rotatable bonds is 4. The molecule has 0 aromatic heterocycles. The standard InChI is InChI=1S/C12H23N3OS/c1-9-5-4-6-10(2)11(9)14-15-12(17)13-7-8-16-3/h9-10H,4-8H2,1-3H3,(H2,13,15,17)/t9-,10+. The molecule has 0 spiro atoms. The zero-order valence-corrected chi connectivity index (χ0v) is 11.8. The van der Waals surface area contributed by atoms with Crippen LogP contribution in [0.25, 0.3) is 0 Å². The summed E-state index contributed by atoms with van der Waals surface area (Å²) < 4.78 is 4.94. The van der Waals surface area contributed by atoms with Gasteiger partial charge in [-0.1, -0.05) is 20.3 Å². The molecule has 1 aliphatic rings. The van der Waals surface area contributed by atoms with E-state index < -0.39 is 0 Å². The molecule has 0 amide bonds. The summed E-state index contributed by atoms with van der Waals surface area (Å²) in [4.78, 5) is 0. The highest BCUT2D eigenvalue weighted by molar-refractivity contribution is 7.80. The molecular weight excluding hydrogens is 234 g/mol. The van der Waals surface area contributed by atoms with Crippen LogP contribution in [0.15, 0.2) is 5.10 Å². The lowest BCUT2D eigenvalue weighted by molar-refractivity contribution is 0.204. The SMILES string of the molecule is COCCNC(=S)NN=C1[C@H](C)CCC[C@@H]1C. The number of nitrogens with one attached hydrogen (secondary N) is 2. The molecule has 1 aliphatic carbocycles. The number of hydrogen-bond acceptors (Lipinski definition) is 3. The number of hydrazone groups is 1. The predicted molar refractivity (Wildman–Crippen MR) is 75.2 cm³/mol. The van der Waals surface area contributed by atoms with Crippen LogP contribution in [0, 0.1) is 11.8 Å². The second kappa shape index (κ2) is 7.61. The molecule has 0 aliphatic heterocycles. The van der Waals surface area contributed by atoms with Gasteiger partial charge in [-0.25, -0.2) is 0 Å². The van der Waals surface area contributed by atoms with Gasteiger partial charge in [0.2, 0.25) is 0 Å². The third kappa shape index (κ3) is 5.00. The van der Waals surface area contributed by atoms with Gasteiger partial charge < -0.3 is 10.1 Å². The summed E-state index contributed by atoms with van der Waals surface area (Å²) in [6.45, 7) is 5.82. The highest BCUT2D eigenvalue weighted by atomic mass is 32.1. The van der Waals surface area contributed by atoms with E-state index in [0.717, 1.165) is 0 Å². The Labute approximate surface area is 109 Å². The zero-order chi connectivity index (χ0) is 12.7. The summed E-state index contributed by atoms with van der Waals surface area (Å²) in [5, 5.41) is 8.06. The van der Waals surface area contributed by atoms with Crippen molar-refractivity contribution in [3.8, 4) is 0 Å². The van der Waals surface area contributed by atoms with Crippen LogP contribution in [0.2, 0.25) is 0 Å². The van der Waals surface area contributed by atoms with Gasteiger partial charge >= 0.3 is 0 Å². The van der Waals surface area contributed by atoms with E-state index >= 15 is 0 Å². The number of nitrogens with zero attached hydrogens (tertiary/aromatic N) is 1. The van der Waals surface area contributed by atoms with Gasteiger partial charge in [-0.3, -0.25) is 5.43 Å². The molecule has 0 saturated heterocycles. The normalized spacial score (nSPS) is 26.9. The Morgan fingerprint density at radius 2 is 2.06 bits per heavy atom. The van der Waals surface area contributed by atoms with E-state index in [9.17, 15) is 0 Å². The first kappa shape index (κ1) is 14.4. The van der Waals surface area contributed by atoms with Crippen molar-refractivity contribution in [1.82, 2.24) is 10.7 Å².